The highest BCUT2D eigenvalue weighted by Crippen LogP contribution is 2.19. The van der Waals surface area contributed by atoms with Crippen LogP contribution in [0.5, 0.6) is 0 Å². The molecule has 3 heterocycles. The molecule has 0 unspecified atom stereocenters. The second kappa shape index (κ2) is 3.95. The fourth-order valence-electron chi connectivity index (χ4n) is 1.40. The van der Waals surface area contributed by atoms with Gasteiger partial charge in [0.05, 0.1) is 10.9 Å². The van der Waals surface area contributed by atoms with Gasteiger partial charge in [-0.2, -0.15) is 0 Å². The first-order chi connectivity index (χ1) is 8.34. The monoisotopic (exact) mass is 246 g/mol. The molecule has 84 valence electrons. The highest BCUT2D eigenvalue weighted by molar-refractivity contribution is 7.13. The molecule has 3 aromatic rings. The molecule has 0 radical (unpaired) electrons. The Kier molecular flexibility index (Phi) is 2.30. The maximum absolute atomic E-state index is 11.9. The topological polar surface area (TPSA) is 80.9 Å². The van der Waals surface area contributed by atoms with Crippen LogP contribution in [-0.4, -0.2) is 20.9 Å². The zero-order valence-electron chi connectivity index (χ0n) is 8.45. The molecule has 17 heavy (non-hydrogen) atoms. The van der Waals surface area contributed by atoms with E-state index >= 15 is 0 Å². The highest BCUT2D eigenvalue weighted by atomic mass is 32.1. The van der Waals surface area contributed by atoms with Gasteiger partial charge in [-0.05, 0) is 0 Å². The summed E-state index contributed by atoms with van der Waals surface area (Å²) in [5.74, 6) is -0.284. The highest BCUT2D eigenvalue weighted by Gasteiger charge is 2.15. The fraction of sp³-hybridized carbons (Fsp3) is 0. The van der Waals surface area contributed by atoms with Crippen molar-refractivity contribution in [3.8, 4) is 0 Å². The number of hydrogen-bond acceptors (Lipinski definition) is 6. The van der Waals surface area contributed by atoms with Gasteiger partial charge in [0.25, 0.3) is 5.91 Å². The summed E-state index contributed by atoms with van der Waals surface area (Å²) in [5.41, 5.74) is 0.792. The van der Waals surface area contributed by atoms with E-state index in [-0.39, 0.29) is 5.91 Å². The molecule has 6 nitrogen and oxygen atoms in total. The fourth-order valence-corrected chi connectivity index (χ4v) is 1.92. The Morgan fingerprint density at radius 1 is 1.41 bits per heavy atom. The van der Waals surface area contributed by atoms with Crippen LogP contribution in [0.25, 0.3) is 11.1 Å². The SMILES string of the molecule is O=C(Nc1nccs1)c1coc2ncncc12. The predicted molar refractivity (Wildman–Crippen MR) is 61.9 cm³/mol. The number of anilines is 1. The van der Waals surface area contributed by atoms with Crippen molar-refractivity contribution in [1.82, 2.24) is 15.0 Å². The van der Waals surface area contributed by atoms with E-state index in [2.05, 4.69) is 20.3 Å². The summed E-state index contributed by atoms with van der Waals surface area (Å²) >= 11 is 1.35. The average Bonchev–Trinajstić information content (AvgIpc) is 2.96. The largest absolute Gasteiger partial charge is 0.445 e. The van der Waals surface area contributed by atoms with Crippen LogP contribution in [0.15, 0.2) is 34.8 Å². The molecule has 1 amide bonds. The number of thiazole rings is 1. The summed E-state index contributed by atoms with van der Waals surface area (Å²) in [6.07, 6.45) is 5.90. The van der Waals surface area contributed by atoms with Crippen molar-refractivity contribution in [1.29, 1.82) is 0 Å². The first-order valence-electron chi connectivity index (χ1n) is 4.72. The number of fused-ring (bicyclic) bond motifs is 1. The minimum absolute atomic E-state index is 0.284. The van der Waals surface area contributed by atoms with Gasteiger partial charge in [-0.3, -0.25) is 10.1 Å². The molecule has 7 heteroatoms. The van der Waals surface area contributed by atoms with Gasteiger partial charge in [0.15, 0.2) is 5.13 Å². The van der Waals surface area contributed by atoms with Gasteiger partial charge in [0.1, 0.15) is 12.6 Å². The van der Waals surface area contributed by atoms with Gasteiger partial charge in [-0.15, -0.1) is 11.3 Å². The number of amides is 1. The van der Waals surface area contributed by atoms with Crippen LogP contribution in [0.3, 0.4) is 0 Å². The minimum atomic E-state index is -0.284. The number of furan rings is 1. The third-order valence-corrected chi connectivity index (χ3v) is 2.84. The van der Waals surface area contributed by atoms with E-state index in [4.69, 9.17) is 4.42 Å². The van der Waals surface area contributed by atoms with Crippen molar-refractivity contribution in [2.75, 3.05) is 5.32 Å². The summed E-state index contributed by atoms with van der Waals surface area (Å²) in [4.78, 5) is 23.7. The normalized spacial score (nSPS) is 10.6. The first kappa shape index (κ1) is 9.91. The van der Waals surface area contributed by atoms with Gasteiger partial charge >= 0.3 is 0 Å². The van der Waals surface area contributed by atoms with Crippen molar-refractivity contribution in [2.45, 2.75) is 0 Å². The van der Waals surface area contributed by atoms with Gasteiger partial charge in [-0.25, -0.2) is 15.0 Å². The summed E-state index contributed by atoms with van der Waals surface area (Å²) < 4.78 is 5.16. The Morgan fingerprint density at radius 3 is 3.18 bits per heavy atom. The Balaban J connectivity index is 1.96. The second-order valence-electron chi connectivity index (χ2n) is 3.18. The molecular weight excluding hydrogens is 240 g/mol. The second-order valence-corrected chi connectivity index (χ2v) is 4.08. The standard InChI is InChI=1S/C10H6N4O2S/c15-8(14-10-12-1-2-17-10)7-4-16-9-6(7)3-11-5-13-9/h1-5H,(H,12,14,15). The van der Waals surface area contributed by atoms with Crippen molar-refractivity contribution in [3.05, 3.63) is 35.9 Å². The number of carbonyl (C=O) groups excluding carboxylic acids is 1. The van der Waals surface area contributed by atoms with Crippen LogP contribution in [0, 0.1) is 0 Å². The van der Waals surface area contributed by atoms with Crippen molar-refractivity contribution >= 4 is 33.5 Å². The predicted octanol–water partition coefficient (Wildman–Crippen LogP) is 1.93. The zero-order valence-corrected chi connectivity index (χ0v) is 9.27. The Morgan fingerprint density at radius 2 is 2.35 bits per heavy atom. The molecule has 0 aliphatic carbocycles. The van der Waals surface area contributed by atoms with E-state index in [1.165, 1.54) is 23.9 Å². The summed E-state index contributed by atoms with van der Waals surface area (Å²) in [6.45, 7) is 0. The number of nitrogens with one attached hydrogen (secondary N) is 1. The first-order valence-corrected chi connectivity index (χ1v) is 5.60. The molecule has 0 atom stereocenters. The molecule has 1 N–H and O–H groups in total. The van der Waals surface area contributed by atoms with Crippen molar-refractivity contribution < 1.29 is 9.21 Å². The van der Waals surface area contributed by atoms with Gasteiger partial charge < -0.3 is 4.42 Å². The van der Waals surface area contributed by atoms with Crippen molar-refractivity contribution in [2.24, 2.45) is 0 Å². The molecule has 3 rings (SSSR count). The number of carbonyl (C=O) groups is 1. The molecule has 0 aromatic carbocycles. The van der Waals surface area contributed by atoms with E-state index in [9.17, 15) is 4.79 Å². The van der Waals surface area contributed by atoms with E-state index in [1.807, 2.05) is 0 Å². The van der Waals surface area contributed by atoms with Gasteiger partial charge in [-0.1, -0.05) is 0 Å². The number of rotatable bonds is 2. The Bertz CT molecular complexity index is 662. The van der Waals surface area contributed by atoms with Crippen LogP contribution < -0.4 is 5.32 Å². The van der Waals surface area contributed by atoms with Gasteiger partial charge in [0.2, 0.25) is 5.71 Å². The summed E-state index contributed by atoms with van der Waals surface area (Å²) in [7, 11) is 0. The molecule has 0 saturated heterocycles. The molecule has 0 aliphatic heterocycles. The molecule has 0 saturated carbocycles. The average molecular weight is 246 g/mol. The van der Waals surface area contributed by atoms with Crippen LogP contribution in [0.2, 0.25) is 0 Å². The van der Waals surface area contributed by atoms with E-state index in [0.29, 0.717) is 21.8 Å². The number of hydrogen-bond donors (Lipinski definition) is 1. The molecule has 0 fully saturated rings. The third-order valence-electron chi connectivity index (χ3n) is 2.15. The lowest BCUT2D eigenvalue weighted by atomic mass is 10.2. The van der Waals surface area contributed by atoms with E-state index in [0.717, 1.165) is 0 Å². The maximum Gasteiger partial charge on any atom is 0.261 e. The number of nitrogens with zero attached hydrogens (tertiary/aromatic N) is 3. The lowest BCUT2D eigenvalue weighted by Crippen LogP contribution is -2.10. The Labute approximate surface area is 99.3 Å². The molecule has 0 bridgehead atoms. The van der Waals surface area contributed by atoms with E-state index < -0.39 is 0 Å². The minimum Gasteiger partial charge on any atom is -0.445 e. The summed E-state index contributed by atoms with van der Waals surface area (Å²) in [5, 5.41) is 5.58. The lowest BCUT2D eigenvalue weighted by molar-refractivity contribution is 0.102. The molecule has 3 aromatic heterocycles. The smallest absolute Gasteiger partial charge is 0.261 e. The quantitative estimate of drug-likeness (QED) is 0.747. The summed E-state index contributed by atoms with van der Waals surface area (Å²) in [6, 6.07) is 0. The molecule has 0 aliphatic rings. The van der Waals surface area contributed by atoms with Crippen LogP contribution in [0.1, 0.15) is 10.4 Å². The zero-order chi connectivity index (χ0) is 11.7. The van der Waals surface area contributed by atoms with Crippen molar-refractivity contribution in [3.63, 3.8) is 0 Å². The molecular formula is C10H6N4O2S. The third kappa shape index (κ3) is 1.76. The Hall–Kier alpha value is -2.28. The van der Waals surface area contributed by atoms with Crippen LogP contribution in [0.4, 0.5) is 5.13 Å². The maximum atomic E-state index is 11.9. The lowest BCUT2D eigenvalue weighted by Gasteiger charge is -1.97. The van der Waals surface area contributed by atoms with Crippen LogP contribution >= 0.6 is 11.3 Å². The van der Waals surface area contributed by atoms with Crippen LogP contribution in [-0.2, 0) is 0 Å². The van der Waals surface area contributed by atoms with Gasteiger partial charge in [0, 0.05) is 17.8 Å². The number of aromatic nitrogens is 3. The molecule has 0 spiro atoms. The van der Waals surface area contributed by atoms with E-state index in [1.54, 1.807) is 17.8 Å².